The Kier molecular flexibility index (Phi) is 7.67. The summed E-state index contributed by atoms with van der Waals surface area (Å²) < 4.78 is 0. The Morgan fingerprint density at radius 3 is 1.50 bits per heavy atom. The number of hydrogen-bond acceptors (Lipinski definition) is 2. The number of benzene rings is 2. The van der Waals surface area contributed by atoms with E-state index in [1.54, 1.807) is 24.3 Å². The van der Waals surface area contributed by atoms with E-state index in [0.29, 0.717) is 17.4 Å². The molecule has 130 valence electrons. The van der Waals surface area contributed by atoms with Crippen LogP contribution in [-0.2, 0) is 0 Å². The van der Waals surface area contributed by atoms with E-state index < -0.39 is 0 Å². The molecule has 0 spiro atoms. The Morgan fingerprint density at radius 2 is 1.04 bits per heavy atom. The van der Waals surface area contributed by atoms with Crippen molar-refractivity contribution in [3.05, 3.63) is 59.7 Å². The topological polar surface area (TPSA) is 40.5 Å². The van der Waals surface area contributed by atoms with E-state index in [1.807, 2.05) is 24.3 Å². The van der Waals surface area contributed by atoms with Gasteiger partial charge in [0.15, 0.2) is 0 Å². The van der Waals surface area contributed by atoms with Crippen LogP contribution >= 0.6 is 0 Å². The molecule has 0 saturated heterocycles. The lowest BCUT2D eigenvalue weighted by Crippen LogP contribution is -2.01. The van der Waals surface area contributed by atoms with Crippen molar-refractivity contribution in [1.82, 2.24) is 0 Å². The molecule has 0 aliphatic carbocycles. The molecule has 0 amide bonds. The first-order valence-corrected chi connectivity index (χ1v) is 9.28. The maximum absolute atomic E-state index is 9.53. The molecule has 2 nitrogen and oxygen atoms in total. The van der Waals surface area contributed by atoms with Gasteiger partial charge < -0.3 is 10.2 Å². The van der Waals surface area contributed by atoms with E-state index in [9.17, 15) is 10.2 Å². The maximum atomic E-state index is 9.53. The van der Waals surface area contributed by atoms with Crippen molar-refractivity contribution in [2.45, 2.75) is 64.2 Å². The van der Waals surface area contributed by atoms with Crippen LogP contribution in [0.4, 0.5) is 0 Å². The largest absolute Gasteiger partial charge is 0.508 e. The molecular formula is C22H30O2. The van der Waals surface area contributed by atoms with E-state index >= 15 is 0 Å². The van der Waals surface area contributed by atoms with Gasteiger partial charge >= 0.3 is 0 Å². The van der Waals surface area contributed by atoms with Crippen molar-refractivity contribution >= 4 is 0 Å². The minimum absolute atomic E-state index is 0.305. The van der Waals surface area contributed by atoms with E-state index in [1.165, 1.54) is 56.1 Å². The van der Waals surface area contributed by atoms with Crippen LogP contribution in [-0.4, -0.2) is 10.2 Å². The van der Waals surface area contributed by atoms with Crippen LogP contribution in [0.5, 0.6) is 11.5 Å². The fourth-order valence-corrected chi connectivity index (χ4v) is 3.24. The summed E-state index contributed by atoms with van der Waals surface area (Å²) in [4.78, 5) is 0. The number of hydrogen-bond donors (Lipinski definition) is 2. The Labute approximate surface area is 146 Å². The highest BCUT2D eigenvalue weighted by Crippen LogP contribution is 2.32. The van der Waals surface area contributed by atoms with Gasteiger partial charge in [-0.3, -0.25) is 0 Å². The van der Waals surface area contributed by atoms with Crippen LogP contribution in [0, 0.1) is 0 Å². The van der Waals surface area contributed by atoms with Crippen molar-refractivity contribution in [2.24, 2.45) is 0 Å². The molecule has 2 aromatic carbocycles. The predicted octanol–water partition coefficient (Wildman–Crippen LogP) is 6.37. The van der Waals surface area contributed by atoms with Gasteiger partial charge in [0.2, 0.25) is 0 Å². The van der Waals surface area contributed by atoms with E-state index in [0.717, 1.165) is 6.42 Å². The molecular weight excluding hydrogens is 296 g/mol. The normalized spacial score (nSPS) is 11.1. The first-order valence-electron chi connectivity index (χ1n) is 9.28. The average Bonchev–Trinajstić information content (AvgIpc) is 2.60. The zero-order valence-electron chi connectivity index (χ0n) is 14.7. The summed E-state index contributed by atoms with van der Waals surface area (Å²) in [6.45, 7) is 2.25. The van der Waals surface area contributed by atoms with Crippen LogP contribution in [0.1, 0.15) is 75.3 Å². The van der Waals surface area contributed by atoms with Gasteiger partial charge in [0.25, 0.3) is 0 Å². The standard InChI is InChI=1S/C22H30O2/c1-2-3-4-5-6-7-8-9-22(18-10-14-20(23)15-11-18)19-12-16-21(24)17-13-19/h10-17,22-24H,2-9H2,1H3. The zero-order chi connectivity index (χ0) is 17.2. The lowest BCUT2D eigenvalue weighted by Gasteiger charge is -2.18. The van der Waals surface area contributed by atoms with E-state index in [-0.39, 0.29) is 0 Å². The predicted molar refractivity (Wildman–Crippen MR) is 101 cm³/mol. The second-order valence-electron chi connectivity index (χ2n) is 6.65. The molecule has 0 heterocycles. The van der Waals surface area contributed by atoms with Gasteiger partial charge in [-0.2, -0.15) is 0 Å². The van der Waals surface area contributed by atoms with E-state index in [2.05, 4.69) is 6.92 Å². The van der Waals surface area contributed by atoms with Crippen molar-refractivity contribution < 1.29 is 10.2 Å². The Balaban J connectivity index is 1.96. The van der Waals surface area contributed by atoms with Crippen molar-refractivity contribution in [1.29, 1.82) is 0 Å². The molecule has 0 atom stereocenters. The number of phenols is 2. The first-order chi connectivity index (χ1) is 11.7. The molecule has 2 aromatic rings. The molecule has 0 aromatic heterocycles. The van der Waals surface area contributed by atoms with Gasteiger partial charge in [-0.15, -0.1) is 0 Å². The molecule has 0 unspecified atom stereocenters. The molecule has 2 rings (SSSR count). The Morgan fingerprint density at radius 1 is 0.625 bits per heavy atom. The molecule has 0 radical (unpaired) electrons. The number of unbranched alkanes of at least 4 members (excludes halogenated alkanes) is 6. The van der Waals surface area contributed by atoms with Gasteiger partial charge in [0.05, 0.1) is 0 Å². The quantitative estimate of drug-likeness (QED) is 0.498. The third kappa shape index (κ3) is 5.92. The summed E-state index contributed by atoms with van der Waals surface area (Å²) in [5.41, 5.74) is 2.45. The molecule has 24 heavy (non-hydrogen) atoms. The van der Waals surface area contributed by atoms with Crippen molar-refractivity contribution in [3.8, 4) is 11.5 Å². The van der Waals surface area contributed by atoms with Gasteiger partial charge in [-0.05, 0) is 41.8 Å². The third-order valence-corrected chi connectivity index (χ3v) is 4.69. The van der Waals surface area contributed by atoms with Crippen LogP contribution in [0.2, 0.25) is 0 Å². The molecule has 0 saturated carbocycles. The summed E-state index contributed by atoms with van der Waals surface area (Å²) in [5, 5.41) is 19.1. The zero-order valence-corrected chi connectivity index (χ0v) is 14.7. The van der Waals surface area contributed by atoms with Gasteiger partial charge in [0, 0.05) is 5.92 Å². The highest BCUT2D eigenvalue weighted by atomic mass is 16.3. The second-order valence-corrected chi connectivity index (χ2v) is 6.65. The fraction of sp³-hybridized carbons (Fsp3) is 0.455. The lowest BCUT2D eigenvalue weighted by molar-refractivity contribution is 0.474. The number of aromatic hydroxyl groups is 2. The summed E-state index contributed by atoms with van der Waals surface area (Å²) in [7, 11) is 0. The highest BCUT2D eigenvalue weighted by Gasteiger charge is 2.14. The van der Waals surface area contributed by atoms with Gasteiger partial charge in [0.1, 0.15) is 11.5 Å². The van der Waals surface area contributed by atoms with Crippen LogP contribution in [0.25, 0.3) is 0 Å². The van der Waals surface area contributed by atoms with Crippen molar-refractivity contribution in [3.63, 3.8) is 0 Å². The number of rotatable bonds is 10. The molecule has 0 aliphatic heterocycles. The third-order valence-electron chi connectivity index (χ3n) is 4.69. The monoisotopic (exact) mass is 326 g/mol. The summed E-state index contributed by atoms with van der Waals surface area (Å²) in [6.07, 6.45) is 10.2. The van der Waals surface area contributed by atoms with Crippen LogP contribution < -0.4 is 0 Å². The summed E-state index contributed by atoms with van der Waals surface area (Å²) in [5.74, 6) is 0.931. The summed E-state index contributed by atoms with van der Waals surface area (Å²) >= 11 is 0. The Hall–Kier alpha value is -1.96. The molecule has 0 aliphatic rings. The Bertz CT molecular complexity index is 526. The minimum atomic E-state index is 0.305. The van der Waals surface area contributed by atoms with Crippen molar-refractivity contribution in [2.75, 3.05) is 0 Å². The fourth-order valence-electron chi connectivity index (χ4n) is 3.24. The molecule has 0 fully saturated rings. The second kappa shape index (κ2) is 10.0. The highest BCUT2D eigenvalue weighted by molar-refractivity contribution is 5.37. The van der Waals surface area contributed by atoms with Gasteiger partial charge in [-0.25, -0.2) is 0 Å². The maximum Gasteiger partial charge on any atom is 0.115 e. The smallest absolute Gasteiger partial charge is 0.115 e. The lowest BCUT2D eigenvalue weighted by atomic mass is 9.86. The molecule has 0 bridgehead atoms. The molecule has 2 N–H and O–H groups in total. The SMILES string of the molecule is CCCCCCCCCC(c1ccc(O)cc1)c1ccc(O)cc1. The van der Waals surface area contributed by atoms with Crippen LogP contribution in [0.15, 0.2) is 48.5 Å². The average molecular weight is 326 g/mol. The summed E-state index contributed by atoms with van der Waals surface area (Å²) in [6, 6.07) is 15.1. The van der Waals surface area contributed by atoms with E-state index in [4.69, 9.17) is 0 Å². The van der Waals surface area contributed by atoms with Gasteiger partial charge in [-0.1, -0.05) is 76.1 Å². The minimum Gasteiger partial charge on any atom is -0.508 e. The number of phenolic OH excluding ortho intramolecular Hbond substituents is 2. The van der Waals surface area contributed by atoms with Crippen LogP contribution in [0.3, 0.4) is 0 Å². The molecule has 2 heteroatoms. The first kappa shape index (κ1) is 18.4.